The van der Waals surface area contributed by atoms with Gasteiger partial charge in [-0.3, -0.25) is 14.3 Å². The number of amides is 1. The average Bonchev–Trinajstić information content (AvgIpc) is 3.17. The summed E-state index contributed by atoms with van der Waals surface area (Å²) in [6, 6.07) is 8.29. The maximum absolute atomic E-state index is 14.0. The molecule has 4 aromatic rings. The average molecular weight is 564 g/mol. The molecular formula is C26H22Cl2F3N5O2. The van der Waals surface area contributed by atoms with Crippen molar-refractivity contribution in [2.75, 3.05) is 0 Å². The molecule has 12 heteroatoms. The molecule has 0 spiro atoms. The van der Waals surface area contributed by atoms with Gasteiger partial charge >= 0.3 is 5.69 Å². The van der Waals surface area contributed by atoms with Crippen LogP contribution in [0.5, 0.6) is 0 Å². The molecule has 1 fully saturated rings. The molecule has 0 saturated heterocycles. The van der Waals surface area contributed by atoms with E-state index in [9.17, 15) is 22.8 Å². The summed E-state index contributed by atoms with van der Waals surface area (Å²) in [4.78, 5) is 34.1. The number of alkyl halides is 2. The van der Waals surface area contributed by atoms with Crippen molar-refractivity contribution < 1.29 is 18.0 Å². The van der Waals surface area contributed by atoms with E-state index in [0.717, 1.165) is 6.20 Å². The molecule has 0 atom stereocenters. The van der Waals surface area contributed by atoms with Gasteiger partial charge in [0.2, 0.25) is 0 Å². The number of hydrogen-bond acceptors (Lipinski definition) is 4. The zero-order valence-corrected chi connectivity index (χ0v) is 21.4. The Hall–Kier alpha value is -3.37. The Kier molecular flexibility index (Phi) is 7.45. The third kappa shape index (κ3) is 5.15. The molecule has 3 aromatic heterocycles. The lowest BCUT2D eigenvalue weighted by Crippen LogP contribution is -2.39. The lowest BCUT2D eigenvalue weighted by Gasteiger charge is -2.29. The molecule has 1 aliphatic rings. The first-order valence-corrected chi connectivity index (χ1v) is 12.7. The van der Waals surface area contributed by atoms with E-state index >= 15 is 0 Å². The lowest BCUT2D eigenvalue weighted by molar-refractivity contribution is 0.0904. The summed E-state index contributed by atoms with van der Waals surface area (Å²) in [6.45, 7) is 0.398. The number of rotatable bonds is 6. The van der Waals surface area contributed by atoms with Crippen molar-refractivity contribution in [3.05, 3.63) is 86.4 Å². The highest BCUT2D eigenvalue weighted by Crippen LogP contribution is 2.29. The van der Waals surface area contributed by atoms with Crippen LogP contribution < -0.4 is 11.0 Å². The molecule has 1 amide bonds. The van der Waals surface area contributed by atoms with Crippen molar-refractivity contribution in [2.24, 2.45) is 5.92 Å². The van der Waals surface area contributed by atoms with E-state index in [1.807, 2.05) is 0 Å². The molecular weight excluding hydrogens is 542 g/mol. The number of imidazole rings is 1. The van der Waals surface area contributed by atoms with Crippen molar-refractivity contribution in [2.45, 2.75) is 44.7 Å². The first-order valence-electron chi connectivity index (χ1n) is 12.0. The second-order valence-electron chi connectivity index (χ2n) is 9.25. The number of fused-ring (bicyclic) bond motifs is 1. The minimum atomic E-state index is -2.90. The highest BCUT2D eigenvalue weighted by molar-refractivity contribution is 6.32. The van der Waals surface area contributed by atoms with E-state index in [-0.39, 0.29) is 38.9 Å². The van der Waals surface area contributed by atoms with Crippen LogP contribution in [0.25, 0.3) is 16.9 Å². The molecule has 0 bridgehead atoms. The predicted octanol–water partition coefficient (Wildman–Crippen LogP) is 5.95. The van der Waals surface area contributed by atoms with E-state index in [4.69, 9.17) is 23.2 Å². The Morgan fingerprint density at radius 1 is 1.11 bits per heavy atom. The fraction of sp³-hybridized carbons (Fsp3) is 0.308. The number of benzene rings is 1. The molecule has 0 radical (unpaired) electrons. The zero-order valence-electron chi connectivity index (χ0n) is 19.9. The molecule has 3 heterocycles. The number of halogens is 5. The maximum atomic E-state index is 14.0. The van der Waals surface area contributed by atoms with E-state index < -0.39 is 23.8 Å². The lowest BCUT2D eigenvalue weighted by atomic mass is 9.85. The summed E-state index contributed by atoms with van der Waals surface area (Å²) in [5.41, 5.74) is -0.0446. The van der Waals surface area contributed by atoms with E-state index in [0.29, 0.717) is 43.4 Å². The van der Waals surface area contributed by atoms with Crippen LogP contribution in [0.4, 0.5) is 13.2 Å². The molecule has 0 aliphatic heterocycles. The summed E-state index contributed by atoms with van der Waals surface area (Å²) in [7, 11) is 0. The van der Waals surface area contributed by atoms with Gasteiger partial charge in [0.15, 0.2) is 5.65 Å². The number of carbonyl (C=O) groups is 1. The summed E-state index contributed by atoms with van der Waals surface area (Å²) in [6.07, 6.45) is 2.34. The number of nitrogens with one attached hydrogen (secondary N) is 1. The van der Waals surface area contributed by atoms with Crippen LogP contribution in [0, 0.1) is 11.7 Å². The van der Waals surface area contributed by atoms with Gasteiger partial charge in [0.1, 0.15) is 11.5 Å². The zero-order chi connectivity index (χ0) is 27.0. The van der Waals surface area contributed by atoms with Crippen LogP contribution in [-0.2, 0) is 6.54 Å². The van der Waals surface area contributed by atoms with Gasteiger partial charge in [-0.25, -0.2) is 27.5 Å². The van der Waals surface area contributed by atoms with Crippen molar-refractivity contribution in [3.8, 4) is 5.69 Å². The Labute approximate surface area is 225 Å². The van der Waals surface area contributed by atoms with Crippen LogP contribution in [0.2, 0.25) is 10.0 Å². The molecule has 1 saturated carbocycles. The van der Waals surface area contributed by atoms with E-state index in [2.05, 4.69) is 15.3 Å². The molecule has 1 aromatic carbocycles. The first kappa shape index (κ1) is 26.2. The van der Waals surface area contributed by atoms with Crippen LogP contribution >= 0.6 is 23.2 Å². The fourth-order valence-corrected chi connectivity index (χ4v) is 5.31. The fourth-order valence-electron chi connectivity index (χ4n) is 4.95. The summed E-state index contributed by atoms with van der Waals surface area (Å²) in [5, 5.41) is 3.14. The Morgan fingerprint density at radius 2 is 1.87 bits per heavy atom. The molecule has 5 rings (SSSR count). The summed E-state index contributed by atoms with van der Waals surface area (Å²) < 4.78 is 43.5. The quantitative estimate of drug-likeness (QED) is 0.314. The molecule has 1 aliphatic carbocycles. The van der Waals surface area contributed by atoms with Gasteiger partial charge < -0.3 is 5.32 Å². The normalized spacial score (nSPS) is 17.7. The third-order valence-corrected chi connectivity index (χ3v) is 7.33. The molecule has 7 nitrogen and oxygen atoms in total. The van der Waals surface area contributed by atoms with Crippen molar-refractivity contribution in [3.63, 3.8) is 0 Å². The van der Waals surface area contributed by atoms with Crippen LogP contribution in [-0.4, -0.2) is 31.1 Å². The highest BCUT2D eigenvalue weighted by Gasteiger charge is 2.27. The van der Waals surface area contributed by atoms with Gasteiger partial charge in [0.25, 0.3) is 12.3 Å². The minimum absolute atomic E-state index is 0.0990. The number of pyridine rings is 2. The van der Waals surface area contributed by atoms with Gasteiger partial charge in [-0.05, 0) is 68.0 Å². The van der Waals surface area contributed by atoms with Gasteiger partial charge in [-0.2, -0.15) is 0 Å². The Bertz CT molecular complexity index is 1560. The standard InChI is InChI=1S/C26H22Cl2F3N5O2/c27-15-10-18(22(23(30)31)33-12-15)25(37)34-17-6-3-14(4-7-17)13-35-20-2-1-9-32-24(20)36(26(35)38)21-11-16(29)5-8-19(21)28/h1-2,5,8-12,14,17,23H,3-4,6-7,13H2,(H,34,37)/t14-,17-. The molecule has 1 N–H and O–H groups in total. The van der Waals surface area contributed by atoms with Crippen LogP contribution in [0.1, 0.15) is 48.2 Å². The van der Waals surface area contributed by atoms with Crippen molar-refractivity contribution >= 4 is 40.3 Å². The van der Waals surface area contributed by atoms with Crippen molar-refractivity contribution in [1.82, 2.24) is 24.4 Å². The third-order valence-electron chi connectivity index (χ3n) is 6.80. The van der Waals surface area contributed by atoms with Gasteiger partial charge in [-0.1, -0.05) is 23.2 Å². The number of nitrogens with zero attached hydrogens (tertiary/aromatic N) is 4. The number of aromatic nitrogens is 4. The predicted molar refractivity (Wildman–Crippen MR) is 138 cm³/mol. The monoisotopic (exact) mass is 563 g/mol. The largest absolute Gasteiger partial charge is 0.349 e. The topological polar surface area (TPSA) is 81.8 Å². The molecule has 38 heavy (non-hydrogen) atoms. The second-order valence-corrected chi connectivity index (χ2v) is 10.1. The van der Waals surface area contributed by atoms with Gasteiger partial charge in [0, 0.05) is 25.0 Å². The van der Waals surface area contributed by atoms with Gasteiger partial charge in [-0.15, -0.1) is 0 Å². The van der Waals surface area contributed by atoms with E-state index in [1.165, 1.54) is 28.8 Å². The smallest absolute Gasteiger partial charge is 0.335 e. The van der Waals surface area contributed by atoms with Crippen LogP contribution in [0.15, 0.2) is 53.6 Å². The Balaban J connectivity index is 1.32. The van der Waals surface area contributed by atoms with Crippen LogP contribution in [0.3, 0.4) is 0 Å². The SMILES string of the molecule is O=C(N[C@H]1CC[C@H](Cn2c(=O)n(-c3cc(F)ccc3Cl)c3ncccc32)CC1)c1cc(Cl)cnc1C(F)F. The Morgan fingerprint density at radius 3 is 2.61 bits per heavy atom. The first-order chi connectivity index (χ1) is 18.2. The number of carbonyl (C=O) groups excluding carboxylic acids is 1. The van der Waals surface area contributed by atoms with E-state index in [1.54, 1.807) is 22.9 Å². The minimum Gasteiger partial charge on any atom is -0.349 e. The summed E-state index contributed by atoms with van der Waals surface area (Å²) >= 11 is 12.2. The van der Waals surface area contributed by atoms with Crippen molar-refractivity contribution in [1.29, 1.82) is 0 Å². The molecule has 198 valence electrons. The summed E-state index contributed by atoms with van der Waals surface area (Å²) in [5.74, 6) is -1.05. The van der Waals surface area contributed by atoms with Gasteiger partial charge in [0.05, 0.1) is 26.8 Å². The highest BCUT2D eigenvalue weighted by atomic mass is 35.5. The maximum Gasteiger partial charge on any atom is 0.335 e. The molecule has 0 unspecified atom stereocenters. The second kappa shape index (κ2) is 10.8. The number of hydrogen-bond donors (Lipinski definition) is 1.